The van der Waals surface area contributed by atoms with Crippen LogP contribution in [0.3, 0.4) is 0 Å². The molecule has 0 heterocycles. The van der Waals surface area contributed by atoms with E-state index in [9.17, 15) is 14.4 Å². The molecule has 0 aromatic heterocycles. The van der Waals surface area contributed by atoms with Crippen LogP contribution in [0, 0.1) is 5.82 Å². The maximum Gasteiger partial charge on any atom is 0.492 e. The van der Waals surface area contributed by atoms with Crippen molar-refractivity contribution in [1.82, 2.24) is 0 Å². The highest BCUT2D eigenvalue weighted by atomic mass is 19.1. The third-order valence-electron chi connectivity index (χ3n) is 5.57. The van der Waals surface area contributed by atoms with Gasteiger partial charge in [-0.3, -0.25) is 0 Å². The molecule has 0 bridgehead atoms. The Morgan fingerprint density at radius 3 is 2.04 bits per heavy atom. The molecule has 1 aliphatic carbocycles. The Balaban J connectivity index is 2.00. The minimum atomic E-state index is -1.61. The molecule has 0 saturated heterocycles. The monoisotopic (exact) mass is 356 g/mol. The van der Waals surface area contributed by atoms with Crippen LogP contribution >= 0.6 is 0 Å². The lowest BCUT2D eigenvalue weighted by Gasteiger charge is -2.42. The molecule has 3 nitrogen and oxygen atoms in total. The van der Waals surface area contributed by atoms with Gasteiger partial charge in [0.05, 0.1) is 0 Å². The lowest BCUT2D eigenvalue weighted by atomic mass is 9.61. The van der Waals surface area contributed by atoms with Crippen LogP contribution in [-0.4, -0.2) is 17.2 Å². The predicted molar refractivity (Wildman–Crippen MR) is 102 cm³/mol. The van der Waals surface area contributed by atoms with Crippen LogP contribution in [0.2, 0.25) is 0 Å². The first-order valence-corrected chi connectivity index (χ1v) is 9.02. The molecule has 0 amide bonds. The van der Waals surface area contributed by atoms with Crippen LogP contribution in [0.25, 0.3) is 0 Å². The summed E-state index contributed by atoms with van der Waals surface area (Å²) in [5.74, 6) is 0.173. The number of halogens is 1. The normalized spacial score (nSPS) is 17.5. The predicted octanol–water partition coefficient (Wildman–Crippen LogP) is 3.43. The molecule has 0 saturated carbocycles. The Labute approximate surface area is 155 Å². The Morgan fingerprint density at radius 1 is 0.962 bits per heavy atom. The van der Waals surface area contributed by atoms with Crippen molar-refractivity contribution < 1.29 is 19.2 Å². The minimum absolute atomic E-state index is 0.00221. The van der Waals surface area contributed by atoms with Crippen LogP contribution in [-0.2, 0) is 17.4 Å². The van der Waals surface area contributed by atoms with Crippen molar-refractivity contribution in [3.05, 3.63) is 58.9 Å². The molecule has 0 aliphatic heterocycles. The van der Waals surface area contributed by atoms with Crippen molar-refractivity contribution in [2.75, 3.05) is 0 Å². The zero-order valence-electron chi connectivity index (χ0n) is 15.8. The maximum atomic E-state index is 13.1. The fraction of sp³-hybridized carbons (Fsp3) is 0.429. The summed E-state index contributed by atoms with van der Waals surface area (Å²) < 4.78 is 19.0. The van der Waals surface area contributed by atoms with E-state index >= 15 is 0 Å². The molecule has 1 aliphatic rings. The molecule has 3 rings (SSSR count). The van der Waals surface area contributed by atoms with Gasteiger partial charge in [0, 0.05) is 5.46 Å². The molecule has 0 unspecified atom stereocenters. The van der Waals surface area contributed by atoms with Gasteiger partial charge in [-0.15, -0.1) is 0 Å². The van der Waals surface area contributed by atoms with E-state index in [2.05, 4.69) is 27.7 Å². The number of fused-ring (bicyclic) bond motifs is 1. The second-order valence-electron chi connectivity index (χ2n) is 8.49. The Bertz CT molecular complexity index is 798. The second-order valence-corrected chi connectivity index (χ2v) is 8.49. The first-order valence-electron chi connectivity index (χ1n) is 9.02. The quantitative estimate of drug-likeness (QED) is 0.826. The third-order valence-corrected chi connectivity index (χ3v) is 5.57. The summed E-state index contributed by atoms with van der Waals surface area (Å²) in [7, 11) is -1.61. The molecule has 5 heteroatoms. The summed E-state index contributed by atoms with van der Waals surface area (Å²) >= 11 is 0. The summed E-state index contributed by atoms with van der Waals surface area (Å²) in [6.45, 7) is 9.03. The van der Waals surface area contributed by atoms with E-state index in [1.54, 1.807) is 12.1 Å². The van der Waals surface area contributed by atoms with Gasteiger partial charge in [0.25, 0.3) is 0 Å². The summed E-state index contributed by atoms with van der Waals surface area (Å²) in [5, 5.41) is 19.7. The average Bonchev–Trinajstić information content (AvgIpc) is 2.58. The molecule has 0 fully saturated rings. The van der Waals surface area contributed by atoms with Crippen molar-refractivity contribution >= 4 is 12.6 Å². The average molecular weight is 356 g/mol. The van der Waals surface area contributed by atoms with Crippen molar-refractivity contribution in [1.29, 1.82) is 0 Å². The lowest BCUT2D eigenvalue weighted by molar-refractivity contribution is 0.299. The zero-order chi connectivity index (χ0) is 19.1. The first kappa shape index (κ1) is 18.9. The van der Waals surface area contributed by atoms with E-state index in [4.69, 9.17) is 4.74 Å². The van der Waals surface area contributed by atoms with Crippen molar-refractivity contribution in [2.24, 2.45) is 0 Å². The van der Waals surface area contributed by atoms with Gasteiger partial charge in [-0.2, -0.15) is 0 Å². The summed E-state index contributed by atoms with van der Waals surface area (Å²) in [6, 6.07) is 9.93. The SMILES string of the molecule is CC1(C)CCC(C)(C)c2cc(B(O)O)c(OCc3ccc(F)cc3)cc21. The van der Waals surface area contributed by atoms with Gasteiger partial charge in [-0.05, 0) is 58.6 Å². The Morgan fingerprint density at radius 2 is 1.50 bits per heavy atom. The van der Waals surface area contributed by atoms with Gasteiger partial charge in [0.1, 0.15) is 18.2 Å². The molecule has 0 atom stereocenters. The minimum Gasteiger partial charge on any atom is -0.489 e. The van der Waals surface area contributed by atoms with Crippen LogP contribution in [0.1, 0.15) is 57.2 Å². The number of rotatable bonds is 4. The van der Waals surface area contributed by atoms with Crippen molar-refractivity contribution in [3.63, 3.8) is 0 Å². The molecular weight excluding hydrogens is 330 g/mol. The van der Waals surface area contributed by atoms with Gasteiger partial charge >= 0.3 is 7.12 Å². The summed E-state index contributed by atoms with van der Waals surface area (Å²) in [5.41, 5.74) is 3.50. The van der Waals surface area contributed by atoms with E-state index < -0.39 is 7.12 Å². The van der Waals surface area contributed by atoms with E-state index in [1.807, 2.05) is 12.1 Å². The number of benzene rings is 2. The molecule has 138 valence electrons. The van der Waals surface area contributed by atoms with E-state index in [0.29, 0.717) is 11.2 Å². The topological polar surface area (TPSA) is 49.7 Å². The van der Waals surface area contributed by atoms with Gasteiger partial charge in [-0.25, -0.2) is 4.39 Å². The molecule has 2 aromatic rings. The van der Waals surface area contributed by atoms with E-state index in [-0.39, 0.29) is 23.3 Å². The molecule has 2 N–H and O–H groups in total. The highest BCUT2D eigenvalue weighted by Gasteiger charge is 2.38. The number of hydrogen-bond acceptors (Lipinski definition) is 3. The van der Waals surface area contributed by atoms with Crippen LogP contribution in [0.5, 0.6) is 5.75 Å². The maximum absolute atomic E-state index is 13.1. The van der Waals surface area contributed by atoms with Crippen LogP contribution < -0.4 is 10.2 Å². The number of hydrogen-bond donors (Lipinski definition) is 2. The van der Waals surface area contributed by atoms with Gasteiger partial charge in [0.15, 0.2) is 0 Å². The highest BCUT2D eigenvalue weighted by Crippen LogP contribution is 2.46. The standard InChI is InChI=1S/C21H26BFO3/c1-20(2)9-10-21(3,4)17-12-19(18(22(24)25)11-16(17)20)26-13-14-5-7-15(23)8-6-14/h5-8,11-12,24-25H,9-10,13H2,1-4H3. The highest BCUT2D eigenvalue weighted by molar-refractivity contribution is 6.59. The van der Waals surface area contributed by atoms with Crippen LogP contribution in [0.4, 0.5) is 4.39 Å². The Kier molecular flexibility index (Phi) is 4.89. The van der Waals surface area contributed by atoms with Gasteiger partial charge in [-0.1, -0.05) is 45.9 Å². The fourth-order valence-electron chi connectivity index (χ4n) is 3.68. The summed E-state index contributed by atoms with van der Waals surface area (Å²) in [4.78, 5) is 0. The smallest absolute Gasteiger partial charge is 0.489 e. The van der Waals surface area contributed by atoms with Gasteiger partial charge in [0.2, 0.25) is 0 Å². The fourth-order valence-corrected chi connectivity index (χ4v) is 3.68. The van der Waals surface area contributed by atoms with E-state index in [1.165, 1.54) is 17.7 Å². The third kappa shape index (κ3) is 3.65. The summed E-state index contributed by atoms with van der Waals surface area (Å²) in [6.07, 6.45) is 2.11. The molecule has 0 spiro atoms. The van der Waals surface area contributed by atoms with Crippen molar-refractivity contribution in [3.8, 4) is 5.75 Å². The lowest BCUT2D eigenvalue weighted by Crippen LogP contribution is -2.38. The van der Waals surface area contributed by atoms with E-state index in [0.717, 1.165) is 24.0 Å². The largest absolute Gasteiger partial charge is 0.492 e. The van der Waals surface area contributed by atoms with Gasteiger partial charge < -0.3 is 14.8 Å². The molecule has 2 aromatic carbocycles. The molecular formula is C21H26BFO3. The molecule has 0 radical (unpaired) electrons. The Hall–Kier alpha value is -1.85. The first-order chi connectivity index (χ1) is 12.1. The van der Waals surface area contributed by atoms with Crippen molar-refractivity contribution in [2.45, 2.75) is 58.0 Å². The molecule has 26 heavy (non-hydrogen) atoms. The zero-order valence-corrected chi connectivity index (χ0v) is 15.8. The van der Waals surface area contributed by atoms with Crippen LogP contribution in [0.15, 0.2) is 36.4 Å². The number of ether oxygens (including phenoxy) is 1. The second kappa shape index (κ2) is 6.71.